The number of nitrogens with two attached hydrogens (primary N) is 1. The van der Waals surface area contributed by atoms with Crippen LogP contribution in [0.15, 0.2) is 48.5 Å². The fraction of sp³-hybridized carbons (Fsp3) is 0.125. The lowest BCUT2D eigenvalue weighted by Gasteiger charge is -2.04. The first-order valence-corrected chi connectivity index (χ1v) is 7.16. The van der Waals surface area contributed by atoms with Crippen molar-refractivity contribution >= 4 is 21.4 Å². The second-order valence-corrected chi connectivity index (χ2v) is 5.68. The molecule has 0 aliphatic heterocycles. The number of para-hydroxylation sites is 1. The third-order valence-corrected chi connectivity index (χ3v) is 4.15. The predicted molar refractivity (Wildman–Crippen MR) is 80.4 cm³/mol. The highest BCUT2D eigenvalue weighted by atomic mass is 32.1. The Morgan fingerprint density at radius 3 is 2.75 bits per heavy atom. The summed E-state index contributed by atoms with van der Waals surface area (Å²) in [6.45, 7) is 0.910. The smallest absolute Gasteiger partial charge is 0.165 e. The van der Waals surface area contributed by atoms with E-state index in [-0.39, 0.29) is 11.6 Å². The predicted octanol–water partition coefficient (Wildman–Crippen LogP) is 4.08. The summed E-state index contributed by atoms with van der Waals surface area (Å²) in [4.78, 5) is 1.07. The molecule has 0 bridgehead atoms. The average Bonchev–Trinajstić information content (AvgIpc) is 2.88. The van der Waals surface area contributed by atoms with E-state index >= 15 is 0 Å². The van der Waals surface area contributed by atoms with Crippen LogP contribution in [0.1, 0.15) is 10.4 Å². The van der Waals surface area contributed by atoms with Crippen molar-refractivity contribution in [3.63, 3.8) is 0 Å². The largest absolute Gasteiger partial charge is 0.485 e. The molecule has 0 radical (unpaired) electrons. The van der Waals surface area contributed by atoms with Gasteiger partial charge in [-0.1, -0.05) is 24.3 Å². The van der Waals surface area contributed by atoms with E-state index in [2.05, 4.69) is 18.2 Å². The maximum Gasteiger partial charge on any atom is 0.165 e. The minimum Gasteiger partial charge on any atom is -0.485 e. The highest BCUT2D eigenvalue weighted by molar-refractivity contribution is 7.19. The molecule has 3 aromatic rings. The minimum atomic E-state index is -0.334. The van der Waals surface area contributed by atoms with E-state index in [1.165, 1.54) is 16.2 Å². The van der Waals surface area contributed by atoms with E-state index in [4.69, 9.17) is 10.5 Å². The van der Waals surface area contributed by atoms with Gasteiger partial charge in [-0.25, -0.2) is 4.39 Å². The van der Waals surface area contributed by atoms with Gasteiger partial charge in [0.2, 0.25) is 0 Å². The van der Waals surface area contributed by atoms with Crippen molar-refractivity contribution in [3.8, 4) is 5.75 Å². The molecule has 0 aliphatic rings. The number of thiophene rings is 1. The van der Waals surface area contributed by atoms with Crippen LogP contribution in [0, 0.1) is 5.82 Å². The molecule has 0 saturated carbocycles. The average molecular weight is 287 g/mol. The van der Waals surface area contributed by atoms with Crippen LogP contribution < -0.4 is 10.5 Å². The van der Waals surface area contributed by atoms with Crippen molar-refractivity contribution < 1.29 is 9.13 Å². The number of rotatable bonds is 4. The summed E-state index contributed by atoms with van der Waals surface area (Å²) < 4.78 is 20.2. The van der Waals surface area contributed by atoms with Gasteiger partial charge in [-0.3, -0.25) is 0 Å². The maximum atomic E-state index is 13.5. The Hall–Kier alpha value is -1.91. The Kier molecular flexibility index (Phi) is 3.67. The van der Waals surface area contributed by atoms with E-state index in [0.717, 1.165) is 10.4 Å². The molecule has 0 saturated heterocycles. The quantitative estimate of drug-likeness (QED) is 0.784. The summed E-state index contributed by atoms with van der Waals surface area (Å²) in [6, 6.07) is 14.7. The normalized spacial score (nSPS) is 10.9. The Balaban J connectivity index is 1.79. The molecule has 0 atom stereocenters. The lowest BCUT2D eigenvalue weighted by molar-refractivity contribution is 0.293. The van der Waals surface area contributed by atoms with Crippen LogP contribution >= 0.6 is 11.3 Å². The third kappa shape index (κ3) is 2.66. The summed E-state index contributed by atoms with van der Waals surface area (Å²) in [5.41, 5.74) is 6.75. The number of hydrogen-bond acceptors (Lipinski definition) is 3. The fourth-order valence-electron chi connectivity index (χ4n) is 2.04. The molecule has 4 heteroatoms. The van der Waals surface area contributed by atoms with E-state index < -0.39 is 0 Å². The van der Waals surface area contributed by atoms with Gasteiger partial charge in [-0.15, -0.1) is 11.3 Å². The fourth-order valence-corrected chi connectivity index (χ4v) is 3.08. The van der Waals surface area contributed by atoms with Gasteiger partial charge in [0.05, 0.1) is 0 Å². The van der Waals surface area contributed by atoms with Gasteiger partial charge in [0.1, 0.15) is 6.61 Å². The highest BCUT2D eigenvalue weighted by Crippen LogP contribution is 2.28. The van der Waals surface area contributed by atoms with Crippen LogP contribution in [0.2, 0.25) is 0 Å². The standard InChI is InChI=1S/C16H14FNOS/c17-14-3-1-2-4-15(14)19-10-13-8-12-6-5-11(9-18)7-16(12)20-13/h1-8H,9-10,18H2. The van der Waals surface area contributed by atoms with Crippen LogP contribution in [0.25, 0.3) is 10.1 Å². The topological polar surface area (TPSA) is 35.2 Å². The van der Waals surface area contributed by atoms with Gasteiger partial charge >= 0.3 is 0 Å². The molecule has 0 amide bonds. The summed E-state index contributed by atoms with van der Waals surface area (Å²) in [6.07, 6.45) is 0. The van der Waals surface area contributed by atoms with Crippen molar-refractivity contribution in [2.45, 2.75) is 13.2 Å². The lowest BCUT2D eigenvalue weighted by atomic mass is 10.2. The van der Waals surface area contributed by atoms with Crippen molar-refractivity contribution in [3.05, 3.63) is 64.8 Å². The molecular weight excluding hydrogens is 273 g/mol. The van der Waals surface area contributed by atoms with E-state index in [0.29, 0.717) is 13.2 Å². The first kappa shape index (κ1) is 13.1. The van der Waals surface area contributed by atoms with Crippen LogP contribution in [0.3, 0.4) is 0 Å². The summed E-state index contributed by atoms with van der Waals surface area (Å²) in [5, 5.41) is 1.17. The first-order chi connectivity index (χ1) is 9.76. The molecule has 0 aliphatic carbocycles. The zero-order chi connectivity index (χ0) is 13.9. The zero-order valence-corrected chi connectivity index (χ0v) is 11.6. The van der Waals surface area contributed by atoms with Crippen LogP contribution in [0.4, 0.5) is 4.39 Å². The molecule has 2 aromatic carbocycles. The van der Waals surface area contributed by atoms with Crippen molar-refractivity contribution in [1.29, 1.82) is 0 Å². The minimum absolute atomic E-state index is 0.285. The number of halogens is 1. The van der Waals surface area contributed by atoms with Gasteiger partial charge in [-0.05, 0) is 35.2 Å². The Morgan fingerprint density at radius 1 is 1.10 bits per heavy atom. The molecule has 1 heterocycles. The number of hydrogen-bond donors (Lipinski definition) is 1. The van der Waals surface area contributed by atoms with Crippen LogP contribution in [-0.2, 0) is 13.2 Å². The number of ether oxygens (including phenoxy) is 1. The zero-order valence-electron chi connectivity index (χ0n) is 10.8. The monoisotopic (exact) mass is 287 g/mol. The van der Waals surface area contributed by atoms with E-state index in [9.17, 15) is 4.39 Å². The molecule has 0 fully saturated rings. The Bertz CT molecular complexity index is 738. The maximum absolute atomic E-state index is 13.5. The van der Waals surface area contributed by atoms with Crippen molar-refractivity contribution in [2.75, 3.05) is 0 Å². The molecule has 2 N–H and O–H groups in total. The first-order valence-electron chi connectivity index (χ1n) is 6.35. The summed E-state index contributed by atoms with van der Waals surface area (Å²) >= 11 is 1.65. The van der Waals surface area contributed by atoms with Gasteiger partial charge in [-0.2, -0.15) is 0 Å². The number of benzene rings is 2. The highest BCUT2D eigenvalue weighted by Gasteiger charge is 2.06. The molecule has 0 unspecified atom stereocenters. The van der Waals surface area contributed by atoms with E-state index in [1.54, 1.807) is 29.5 Å². The Morgan fingerprint density at radius 2 is 1.95 bits per heavy atom. The van der Waals surface area contributed by atoms with Gasteiger partial charge in [0, 0.05) is 16.1 Å². The summed E-state index contributed by atoms with van der Waals surface area (Å²) in [5.74, 6) is -0.0494. The summed E-state index contributed by atoms with van der Waals surface area (Å²) in [7, 11) is 0. The number of fused-ring (bicyclic) bond motifs is 1. The molecule has 20 heavy (non-hydrogen) atoms. The SMILES string of the molecule is NCc1ccc2cc(COc3ccccc3F)sc2c1. The Labute approximate surface area is 120 Å². The third-order valence-electron chi connectivity index (χ3n) is 3.08. The van der Waals surface area contributed by atoms with Crippen molar-refractivity contribution in [1.82, 2.24) is 0 Å². The van der Waals surface area contributed by atoms with Gasteiger partial charge in [0.25, 0.3) is 0 Å². The molecule has 2 nitrogen and oxygen atoms in total. The van der Waals surface area contributed by atoms with Gasteiger partial charge < -0.3 is 10.5 Å². The second-order valence-electron chi connectivity index (χ2n) is 4.51. The van der Waals surface area contributed by atoms with Crippen LogP contribution in [-0.4, -0.2) is 0 Å². The lowest BCUT2D eigenvalue weighted by Crippen LogP contribution is -1.94. The molecule has 1 aromatic heterocycles. The van der Waals surface area contributed by atoms with E-state index in [1.807, 2.05) is 6.07 Å². The second kappa shape index (κ2) is 5.61. The molecule has 0 spiro atoms. The van der Waals surface area contributed by atoms with Crippen molar-refractivity contribution in [2.24, 2.45) is 5.73 Å². The van der Waals surface area contributed by atoms with Crippen LogP contribution in [0.5, 0.6) is 5.75 Å². The molecular formula is C16H14FNOS. The molecule has 102 valence electrons. The van der Waals surface area contributed by atoms with Gasteiger partial charge in [0.15, 0.2) is 11.6 Å². The molecule has 3 rings (SSSR count).